The quantitative estimate of drug-likeness (QED) is 0.362. The molecular formula is C24H21ClN4O2S3. The zero-order valence-corrected chi connectivity index (χ0v) is 21.6. The summed E-state index contributed by atoms with van der Waals surface area (Å²) in [6.45, 7) is 3.82. The highest BCUT2D eigenvalue weighted by molar-refractivity contribution is 8.26. The van der Waals surface area contributed by atoms with Crippen molar-refractivity contribution in [3.8, 4) is 0 Å². The fourth-order valence-electron chi connectivity index (χ4n) is 4.01. The lowest BCUT2D eigenvalue weighted by molar-refractivity contribution is -0.122. The van der Waals surface area contributed by atoms with Crippen molar-refractivity contribution < 1.29 is 4.79 Å². The van der Waals surface area contributed by atoms with E-state index in [1.54, 1.807) is 22.7 Å². The van der Waals surface area contributed by atoms with Gasteiger partial charge < -0.3 is 4.90 Å². The SMILES string of the molecule is Cc1cccn2c(=O)c(C=C3SC(=S)N(Cc4ccccc4Cl)C3=O)c(N3CCSCC3)nc12. The van der Waals surface area contributed by atoms with E-state index in [4.69, 9.17) is 28.8 Å². The minimum atomic E-state index is -0.233. The zero-order valence-electron chi connectivity index (χ0n) is 18.4. The first kappa shape index (κ1) is 23.4. The number of amides is 1. The van der Waals surface area contributed by atoms with Gasteiger partial charge in [-0.15, -0.1) is 0 Å². The van der Waals surface area contributed by atoms with E-state index in [0.717, 1.165) is 35.7 Å². The number of thiocarbonyl (C=S) groups is 1. The van der Waals surface area contributed by atoms with Crippen LogP contribution in [0.4, 0.5) is 5.82 Å². The molecule has 0 radical (unpaired) electrons. The van der Waals surface area contributed by atoms with Crippen LogP contribution in [0.5, 0.6) is 0 Å². The summed E-state index contributed by atoms with van der Waals surface area (Å²) in [6.07, 6.45) is 3.38. The minimum Gasteiger partial charge on any atom is -0.354 e. The number of hydrogen-bond acceptors (Lipinski definition) is 7. The summed E-state index contributed by atoms with van der Waals surface area (Å²) in [5, 5.41) is 0.582. The van der Waals surface area contributed by atoms with Gasteiger partial charge in [-0.05, 0) is 36.3 Å². The molecule has 0 unspecified atom stereocenters. The molecule has 2 aliphatic heterocycles. The molecule has 4 heterocycles. The second-order valence-corrected chi connectivity index (χ2v) is 11.3. The zero-order chi connectivity index (χ0) is 23.8. The molecule has 3 aromatic rings. The first-order valence-corrected chi connectivity index (χ1v) is 13.5. The van der Waals surface area contributed by atoms with Crippen molar-refractivity contribution in [1.29, 1.82) is 0 Å². The number of benzene rings is 1. The van der Waals surface area contributed by atoms with Gasteiger partial charge in [0.2, 0.25) is 0 Å². The predicted molar refractivity (Wildman–Crippen MR) is 146 cm³/mol. The van der Waals surface area contributed by atoms with Crippen LogP contribution in [-0.4, -0.2) is 49.1 Å². The number of carbonyl (C=O) groups is 1. The third-order valence-electron chi connectivity index (χ3n) is 5.81. The third-order valence-corrected chi connectivity index (χ3v) is 8.50. The third kappa shape index (κ3) is 4.37. The van der Waals surface area contributed by atoms with E-state index in [2.05, 4.69) is 4.90 Å². The number of halogens is 1. The molecule has 10 heteroatoms. The summed E-state index contributed by atoms with van der Waals surface area (Å²) in [7, 11) is 0. The van der Waals surface area contributed by atoms with Gasteiger partial charge in [-0.2, -0.15) is 11.8 Å². The Balaban J connectivity index is 1.58. The number of aromatic nitrogens is 2. The fourth-order valence-corrected chi connectivity index (χ4v) is 6.34. The summed E-state index contributed by atoms with van der Waals surface area (Å²) >= 11 is 14.9. The monoisotopic (exact) mass is 528 g/mol. The highest BCUT2D eigenvalue weighted by atomic mass is 35.5. The first-order valence-electron chi connectivity index (χ1n) is 10.8. The van der Waals surface area contributed by atoms with Crippen LogP contribution in [-0.2, 0) is 11.3 Å². The Morgan fingerprint density at radius 1 is 1.15 bits per heavy atom. The molecular weight excluding hydrogens is 508 g/mol. The Labute approximate surface area is 216 Å². The molecule has 0 bridgehead atoms. The summed E-state index contributed by atoms with van der Waals surface area (Å²) < 4.78 is 1.99. The summed E-state index contributed by atoms with van der Waals surface area (Å²) in [5.41, 5.74) is 2.58. The Kier molecular flexibility index (Phi) is 6.70. The van der Waals surface area contributed by atoms with Crippen molar-refractivity contribution >= 4 is 75.1 Å². The van der Waals surface area contributed by atoms with E-state index in [1.807, 2.05) is 49.0 Å². The average molecular weight is 529 g/mol. The highest BCUT2D eigenvalue weighted by Gasteiger charge is 2.33. The maximum Gasteiger partial charge on any atom is 0.267 e. The van der Waals surface area contributed by atoms with Crippen molar-refractivity contribution in [2.45, 2.75) is 13.5 Å². The van der Waals surface area contributed by atoms with Crippen molar-refractivity contribution in [1.82, 2.24) is 14.3 Å². The maximum atomic E-state index is 13.6. The Hall–Kier alpha value is -2.33. The molecule has 34 heavy (non-hydrogen) atoms. The Morgan fingerprint density at radius 3 is 2.68 bits per heavy atom. The molecule has 5 rings (SSSR count). The Bertz CT molecular complexity index is 1400. The smallest absolute Gasteiger partial charge is 0.267 e. The lowest BCUT2D eigenvalue weighted by Crippen LogP contribution is -2.36. The summed E-state index contributed by atoms with van der Waals surface area (Å²) in [4.78, 5) is 35.9. The molecule has 2 aromatic heterocycles. The van der Waals surface area contributed by atoms with Crippen molar-refractivity contribution in [2.75, 3.05) is 29.5 Å². The fraction of sp³-hybridized carbons (Fsp3) is 0.250. The van der Waals surface area contributed by atoms with Crippen LogP contribution >= 0.6 is 47.3 Å². The van der Waals surface area contributed by atoms with Gasteiger partial charge in [0.25, 0.3) is 11.5 Å². The molecule has 0 spiro atoms. The number of carbonyl (C=O) groups excluding carboxylic acids is 1. The van der Waals surface area contributed by atoms with Crippen LogP contribution in [0.15, 0.2) is 52.3 Å². The highest BCUT2D eigenvalue weighted by Crippen LogP contribution is 2.35. The number of fused-ring (bicyclic) bond motifs is 1. The number of aryl methyl sites for hydroxylation is 1. The van der Waals surface area contributed by atoms with Gasteiger partial charge in [0.1, 0.15) is 15.8 Å². The van der Waals surface area contributed by atoms with E-state index >= 15 is 0 Å². The normalized spacial score (nSPS) is 17.9. The van der Waals surface area contributed by atoms with E-state index in [-0.39, 0.29) is 18.0 Å². The number of rotatable bonds is 4. The maximum absolute atomic E-state index is 13.6. The van der Waals surface area contributed by atoms with Crippen LogP contribution in [0.2, 0.25) is 5.02 Å². The molecule has 6 nitrogen and oxygen atoms in total. The molecule has 2 fully saturated rings. The predicted octanol–water partition coefficient (Wildman–Crippen LogP) is 4.61. The second-order valence-electron chi connectivity index (χ2n) is 8.00. The number of pyridine rings is 1. The van der Waals surface area contributed by atoms with Crippen LogP contribution < -0.4 is 10.5 Å². The van der Waals surface area contributed by atoms with Gasteiger partial charge in [0.15, 0.2) is 0 Å². The van der Waals surface area contributed by atoms with Crippen LogP contribution in [0.25, 0.3) is 11.7 Å². The lowest BCUT2D eigenvalue weighted by Gasteiger charge is -2.29. The minimum absolute atomic E-state index is 0.196. The van der Waals surface area contributed by atoms with Crippen LogP contribution in [0.1, 0.15) is 16.7 Å². The molecule has 0 atom stereocenters. The topological polar surface area (TPSA) is 57.9 Å². The van der Waals surface area contributed by atoms with E-state index < -0.39 is 0 Å². The summed E-state index contributed by atoms with van der Waals surface area (Å²) in [5.74, 6) is 2.32. The first-order chi connectivity index (χ1) is 16.4. The molecule has 174 valence electrons. The van der Waals surface area contributed by atoms with E-state index in [1.165, 1.54) is 16.7 Å². The van der Waals surface area contributed by atoms with E-state index in [9.17, 15) is 9.59 Å². The van der Waals surface area contributed by atoms with Gasteiger partial charge in [-0.1, -0.05) is 59.8 Å². The second kappa shape index (κ2) is 9.73. The summed E-state index contributed by atoms with van der Waals surface area (Å²) in [6, 6.07) is 11.2. The number of anilines is 1. The van der Waals surface area contributed by atoms with Crippen molar-refractivity contribution in [2.24, 2.45) is 0 Å². The number of hydrogen-bond donors (Lipinski definition) is 0. The van der Waals surface area contributed by atoms with Crippen molar-refractivity contribution in [3.05, 3.63) is 79.6 Å². The number of thioether (sulfide) groups is 2. The molecule has 2 saturated heterocycles. The Morgan fingerprint density at radius 2 is 1.91 bits per heavy atom. The average Bonchev–Trinajstić information content (AvgIpc) is 3.10. The van der Waals surface area contributed by atoms with Crippen molar-refractivity contribution in [3.63, 3.8) is 0 Å². The number of nitrogens with zero attached hydrogens (tertiary/aromatic N) is 4. The molecule has 1 aromatic carbocycles. The molecule has 0 saturated carbocycles. The largest absolute Gasteiger partial charge is 0.354 e. The van der Waals surface area contributed by atoms with Gasteiger partial charge >= 0.3 is 0 Å². The molecule has 0 aliphatic carbocycles. The molecule has 1 amide bonds. The van der Waals surface area contributed by atoms with Gasteiger partial charge in [-0.3, -0.25) is 18.9 Å². The van der Waals surface area contributed by atoms with Gasteiger partial charge in [0, 0.05) is 35.8 Å². The van der Waals surface area contributed by atoms with Crippen LogP contribution in [0, 0.1) is 6.92 Å². The van der Waals surface area contributed by atoms with Gasteiger partial charge in [-0.25, -0.2) is 4.98 Å². The van der Waals surface area contributed by atoms with E-state index in [0.29, 0.717) is 31.3 Å². The molecule has 2 aliphatic rings. The van der Waals surface area contributed by atoms with Crippen LogP contribution in [0.3, 0.4) is 0 Å². The molecule has 0 N–H and O–H groups in total. The lowest BCUT2D eigenvalue weighted by atomic mass is 10.2. The standard InChI is InChI=1S/C24H21ClN4O2S3/c1-15-5-4-8-28-20(15)26-21(27-9-11-33-12-10-27)17(22(28)30)13-19-23(31)29(24(32)34-19)14-16-6-2-3-7-18(16)25/h2-8,13H,9-12,14H2,1H3. The van der Waals surface area contributed by atoms with Gasteiger partial charge in [0.05, 0.1) is 17.0 Å².